The van der Waals surface area contributed by atoms with Crippen molar-refractivity contribution in [1.82, 2.24) is 5.32 Å². The Morgan fingerprint density at radius 3 is 2.68 bits per heavy atom. The van der Waals surface area contributed by atoms with Crippen molar-refractivity contribution in [1.29, 1.82) is 0 Å². The van der Waals surface area contributed by atoms with Gasteiger partial charge in [-0.15, -0.1) is 0 Å². The molecule has 0 spiro atoms. The lowest BCUT2D eigenvalue weighted by atomic mass is 10.1. The van der Waals surface area contributed by atoms with Crippen LogP contribution in [-0.2, 0) is 9.59 Å². The highest BCUT2D eigenvalue weighted by molar-refractivity contribution is 8.18. The van der Waals surface area contributed by atoms with Gasteiger partial charge < -0.3 is 19.4 Å². The van der Waals surface area contributed by atoms with Crippen LogP contribution in [0.1, 0.15) is 12.5 Å². The molecule has 1 aromatic carbocycles. The molecule has 1 fully saturated rings. The molecule has 8 heteroatoms. The van der Waals surface area contributed by atoms with Gasteiger partial charge in [0.25, 0.3) is 11.1 Å². The summed E-state index contributed by atoms with van der Waals surface area (Å²) in [4.78, 5) is 33.7. The van der Waals surface area contributed by atoms with Crippen molar-refractivity contribution in [3.05, 3.63) is 28.7 Å². The first-order valence-electron chi connectivity index (χ1n) is 6.21. The van der Waals surface area contributed by atoms with Gasteiger partial charge in [0.1, 0.15) is 6.10 Å². The van der Waals surface area contributed by atoms with Crippen molar-refractivity contribution in [2.24, 2.45) is 0 Å². The van der Waals surface area contributed by atoms with Crippen molar-refractivity contribution in [3.63, 3.8) is 0 Å². The smallest absolute Gasteiger partial charge is 0.290 e. The number of carboxylic acid groups (broad SMARTS) is 1. The third-order valence-electron chi connectivity index (χ3n) is 2.78. The van der Waals surface area contributed by atoms with Crippen LogP contribution in [0.3, 0.4) is 0 Å². The van der Waals surface area contributed by atoms with E-state index in [1.54, 1.807) is 12.1 Å². The van der Waals surface area contributed by atoms with E-state index in [0.29, 0.717) is 5.56 Å². The lowest BCUT2D eigenvalue weighted by Crippen LogP contribution is -2.37. The number of benzene rings is 1. The zero-order valence-corrected chi connectivity index (χ0v) is 12.6. The minimum atomic E-state index is -1.36. The maximum absolute atomic E-state index is 11.6. The molecule has 2 rings (SSSR count). The lowest BCUT2D eigenvalue weighted by Gasteiger charge is -2.18. The molecule has 1 saturated heterocycles. The monoisotopic (exact) mass is 322 g/mol. The number of carbonyl (C=O) groups excluding carboxylic acids is 3. The number of nitrogens with one attached hydrogen (secondary N) is 1. The van der Waals surface area contributed by atoms with Crippen molar-refractivity contribution in [2.75, 3.05) is 7.11 Å². The molecule has 0 aromatic heterocycles. The third-order valence-corrected chi connectivity index (χ3v) is 3.59. The van der Waals surface area contributed by atoms with E-state index in [9.17, 15) is 19.5 Å². The van der Waals surface area contributed by atoms with Crippen molar-refractivity contribution >= 4 is 35.0 Å². The standard InChI is InChI=1S/C14H13NO6S/c1-7(13(17)18)21-9-5-3-4-8(11(9)20-2)6-10-12(16)15-14(19)22-10/h3-7H,1-2H3,(H,17,18)(H,15,16,19)/p-1/b10-6+/t7-/m1/s1. The number of hydrogen-bond acceptors (Lipinski definition) is 7. The second-order valence-electron chi connectivity index (χ2n) is 4.31. The molecule has 0 bridgehead atoms. The number of amides is 2. The van der Waals surface area contributed by atoms with Crippen LogP contribution in [-0.4, -0.2) is 30.3 Å². The molecule has 1 N–H and O–H groups in total. The molecule has 1 aromatic rings. The highest BCUT2D eigenvalue weighted by Gasteiger charge is 2.25. The quantitative estimate of drug-likeness (QED) is 0.789. The SMILES string of the molecule is COc1c(/C=C2/SC(=O)NC2=O)cccc1O[C@H](C)C(=O)[O-]. The second kappa shape index (κ2) is 6.52. The molecule has 1 aliphatic rings. The number of para-hydroxylation sites is 1. The van der Waals surface area contributed by atoms with Gasteiger partial charge in [0, 0.05) is 5.56 Å². The van der Waals surface area contributed by atoms with E-state index in [4.69, 9.17) is 9.47 Å². The summed E-state index contributed by atoms with van der Waals surface area (Å²) in [6, 6.07) is 4.80. The Morgan fingerprint density at radius 2 is 2.14 bits per heavy atom. The van der Waals surface area contributed by atoms with Gasteiger partial charge in [-0.05, 0) is 30.8 Å². The first kappa shape index (κ1) is 15.9. The normalized spacial score (nSPS) is 17.3. The second-order valence-corrected chi connectivity index (χ2v) is 5.32. The fraction of sp³-hybridized carbons (Fsp3) is 0.214. The fourth-order valence-corrected chi connectivity index (χ4v) is 2.43. The Kier molecular flexibility index (Phi) is 4.71. The minimum Gasteiger partial charge on any atom is -0.546 e. The van der Waals surface area contributed by atoms with Crippen molar-refractivity contribution in [3.8, 4) is 11.5 Å². The summed E-state index contributed by atoms with van der Waals surface area (Å²) in [6.45, 7) is 1.33. The summed E-state index contributed by atoms with van der Waals surface area (Å²) in [5, 5.41) is 12.5. The van der Waals surface area contributed by atoms with Gasteiger partial charge in [-0.25, -0.2) is 0 Å². The van der Waals surface area contributed by atoms with Crippen molar-refractivity contribution in [2.45, 2.75) is 13.0 Å². The van der Waals surface area contributed by atoms with Gasteiger partial charge in [0.2, 0.25) is 0 Å². The summed E-state index contributed by atoms with van der Waals surface area (Å²) in [5.41, 5.74) is 0.484. The van der Waals surface area contributed by atoms with Gasteiger partial charge >= 0.3 is 0 Å². The number of methoxy groups -OCH3 is 1. The van der Waals surface area contributed by atoms with E-state index in [1.165, 1.54) is 26.2 Å². The number of rotatable bonds is 5. The maximum atomic E-state index is 11.6. The Bertz CT molecular complexity index is 669. The summed E-state index contributed by atoms with van der Waals surface area (Å²) in [7, 11) is 1.39. The largest absolute Gasteiger partial charge is 0.546 e. The predicted octanol–water partition coefficient (Wildman–Crippen LogP) is 0.536. The zero-order chi connectivity index (χ0) is 16.3. The summed E-state index contributed by atoms with van der Waals surface area (Å²) < 4.78 is 10.5. The van der Waals surface area contributed by atoms with Crippen LogP contribution in [0.4, 0.5) is 4.79 Å². The summed E-state index contributed by atoms with van der Waals surface area (Å²) in [5.74, 6) is -1.40. The molecule has 0 unspecified atom stereocenters. The summed E-state index contributed by atoms with van der Waals surface area (Å²) >= 11 is 0.773. The van der Waals surface area contributed by atoms with Crippen molar-refractivity contribution < 1.29 is 29.0 Å². The van der Waals surface area contributed by atoms with Gasteiger partial charge in [0.05, 0.1) is 18.0 Å². The number of imide groups is 1. The van der Waals surface area contributed by atoms with Gasteiger partial charge in [0.15, 0.2) is 11.5 Å². The Balaban J connectivity index is 2.37. The molecule has 0 aliphatic carbocycles. The van der Waals surface area contributed by atoms with E-state index in [2.05, 4.69) is 5.32 Å². The molecular formula is C14H12NO6S-. The minimum absolute atomic E-state index is 0.197. The number of carbonyl (C=O) groups is 3. The number of hydrogen-bond donors (Lipinski definition) is 1. The molecular weight excluding hydrogens is 310 g/mol. The molecule has 7 nitrogen and oxygen atoms in total. The average molecular weight is 322 g/mol. The van der Waals surface area contributed by atoms with E-state index in [1.807, 2.05) is 0 Å². The predicted molar refractivity (Wildman–Crippen MR) is 77.2 cm³/mol. The molecule has 2 amide bonds. The van der Waals surface area contributed by atoms with Crippen LogP contribution in [0.15, 0.2) is 23.1 Å². The third kappa shape index (κ3) is 3.40. The Morgan fingerprint density at radius 1 is 1.41 bits per heavy atom. The zero-order valence-electron chi connectivity index (χ0n) is 11.7. The van der Waals surface area contributed by atoms with E-state index >= 15 is 0 Å². The maximum Gasteiger partial charge on any atom is 0.290 e. The van der Waals surface area contributed by atoms with Gasteiger partial charge in [-0.2, -0.15) is 0 Å². The van der Waals surface area contributed by atoms with Crippen LogP contribution in [0.5, 0.6) is 11.5 Å². The van der Waals surface area contributed by atoms with E-state index in [-0.39, 0.29) is 16.4 Å². The molecule has 1 heterocycles. The van der Waals surface area contributed by atoms with Crippen LogP contribution in [0.25, 0.3) is 6.08 Å². The van der Waals surface area contributed by atoms with Crippen LogP contribution in [0.2, 0.25) is 0 Å². The topological polar surface area (TPSA) is 105 Å². The fourth-order valence-electron chi connectivity index (χ4n) is 1.76. The summed E-state index contributed by atoms with van der Waals surface area (Å²) in [6.07, 6.45) is 0.308. The van der Waals surface area contributed by atoms with Gasteiger partial charge in [-0.1, -0.05) is 12.1 Å². The molecule has 1 atom stereocenters. The number of aliphatic carboxylic acids is 1. The lowest BCUT2D eigenvalue weighted by molar-refractivity contribution is -0.312. The first-order chi connectivity index (χ1) is 10.4. The molecule has 1 aliphatic heterocycles. The average Bonchev–Trinajstić information content (AvgIpc) is 2.77. The molecule has 0 radical (unpaired) electrons. The Labute approximate surface area is 130 Å². The van der Waals surface area contributed by atoms with Crippen LogP contribution >= 0.6 is 11.8 Å². The van der Waals surface area contributed by atoms with E-state index in [0.717, 1.165) is 11.8 Å². The number of ether oxygens (including phenoxy) is 2. The molecule has 0 saturated carbocycles. The highest BCUT2D eigenvalue weighted by Crippen LogP contribution is 2.35. The highest BCUT2D eigenvalue weighted by atomic mass is 32.2. The van der Waals surface area contributed by atoms with Gasteiger partial charge in [-0.3, -0.25) is 14.9 Å². The number of carboxylic acids is 1. The van der Waals surface area contributed by atoms with E-state index < -0.39 is 23.2 Å². The Hall–Kier alpha value is -2.48. The van der Waals surface area contributed by atoms with Crippen LogP contribution in [0, 0.1) is 0 Å². The molecule has 22 heavy (non-hydrogen) atoms. The van der Waals surface area contributed by atoms with Crippen LogP contribution < -0.4 is 19.9 Å². The number of thioether (sulfide) groups is 1. The molecule has 116 valence electrons. The first-order valence-corrected chi connectivity index (χ1v) is 7.03.